The molecule has 0 atom stereocenters. The van der Waals surface area contributed by atoms with Gasteiger partial charge in [0, 0.05) is 23.1 Å². The fourth-order valence-electron chi connectivity index (χ4n) is 4.65. The van der Waals surface area contributed by atoms with E-state index in [4.69, 9.17) is 0 Å². The highest BCUT2D eigenvalue weighted by atomic mass is 16.1. The van der Waals surface area contributed by atoms with Crippen LogP contribution in [0.15, 0.2) is 91.0 Å². The number of hydrogen-bond donors (Lipinski definition) is 0. The Balaban J connectivity index is 1.85. The molecule has 0 N–H and O–H groups in total. The quantitative estimate of drug-likeness (QED) is 0.333. The van der Waals surface area contributed by atoms with Gasteiger partial charge in [-0.05, 0) is 53.6 Å². The highest BCUT2D eigenvalue weighted by Crippen LogP contribution is 2.40. The molecule has 4 aromatic rings. The first-order valence-corrected chi connectivity index (χ1v) is 11.1. The summed E-state index contributed by atoms with van der Waals surface area (Å²) < 4.78 is 0. The van der Waals surface area contributed by atoms with Crippen LogP contribution in [0.3, 0.4) is 0 Å². The molecule has 2 heteroatoms. The van der Waals surface area contributed by atoms with E-state index >= 15 is 0 Å². The molecule has 0 radical (unpaired) electrons. The van der Waals surface area contributed by atoms with Crippen molar-refractivity contribution >= 4 is 11.6 Å². The fourth-order valence-corrected chi connectivity index (χ4v) is 4.65. The summed E-state index contributed by atoms with van der Waals surface area (Å²) in [6, 6.07) is 29.8. The van der Waals surface area contributed by atoms with E-state index in [-0.39, 0.29) is 11.6 Å². The Hall–Kier alpha value is -3.78. The maximum absolute atomic E-state index is 13.9. The van der Waals surface area contributed by atoms with Crippen LogP contribution in [0.25, 0.3) is 22.3 Å². The first kappa shape index (κ1) is 20.1. The lowest BCUT2D eigenvalue weighted by Crippen LogP contribution is -2.19. The van der Waals surface area contributed by atoms with Gasteiger partial charge in [-0.25, -0.2) is 0 Å². The average Bonchev–Trinajstić information content (AvgIpc) is 2.84. The zero-order valence-corrected chi connectivity index (χ0v) is 18.1. The molecule has 0 fully saturated rings. The maximum Gasteiger partial charge on any atom is 0.194 e. The molecule has 2 nitrogen and oxygen atoms in total. The number of carbonyl (C=O) groups is 2. The zero-order chi connectivity index (χ0) is 22.1. The van der Waals surface area contributed by atoms with Crippen LogP contribution in [0.1, 0.15) is 50.2 Å². The van der Waals surface area contributed by atoms with E-state index < -0.39 is 0 Å². The summed E-state index contributed by atoms with van der Waals surface area (Å²) in [5.41, 5.74) is 7.76. The molecule has 1 aliphatic carbocycles. The Labute approximate surface area is 188 Å². The van der Waals surface area contributed by atoms with Gasteiger partial charge < -0.3 is 0 Å². The number of ketones is 2. The first-order valence-electron chi connectivity index (χ1n) is 11.1. The lowest BCUT2D eigenvalue weighted by atomic mass is 9.77. The number of rotatable bonds is 4. The van der Waals surface area contributed by atoms with E-state index in [1.54, 1.807) is 0 Å². The predicted molar refractivity (Wildman–Crippen MR) is 129 cm³/mol. The van der Waals surface area contributed by atoms with Crippen LogP contribution in [0.5, 0.6) is 0 Å². The van der Waals surface area contributed by atoms with Crippen molar-refractivity contribution in [3.05, 3.63) is 119 Å². The van der Waals surface area contributed by atoms with Crippen molar-refractivity contribution in [2.24, 2.45) is 0 Å². The van der Waals surface area contributed by atoms with Gasteiger partial charge in [0.2, 0.25) is 0 Å². The minimum atomic E-state index is -0.0880. The van der Waals surface area contributed by atoms with Gasteiger partial charge in [-0.3, -0.25) is 9.59 Å². The van der Waals surface area contributed by atoms with Gasteiger partial charge in [0.05, 0.1) is 0 Å². The molecule has 156 valence electrons. The number of hydrogen-bond acceptors (Lipinski definition) is 2. The molecule has 0 unspecified atom stereocenters. The van der Waals surface area contributed by atoms with E-state index in [2.05, 4.69) is 18.2 Å². The first-order chi connectivity index (χ1) is 15.6. The zero-order valence-electron chi connectivity index (χ0n) is 18.1. The molecule has 4 aromatic carbocycles. The summed E-state index contributed by atoms with van der Waals surface area (Å²) in [6.45, 7) is 2.00. The second-order valence-electron chi connectivity index (χ2n) is 8.40. The number of benzene rings is 4. The molecule has 1 aliphatic rings. The Morgan fingerprint density at radius 3 is 1.94 bits per heavy atom. The Kier molecular flexibility index (Phi) is 5.28. The number of Topliss-reactive ketones (excluding diaryl/α,β-unsaturated/α-hetero) is 1. The lowest BCUT2D eigenvalue weighted by molar-refractivity contribution is 0.0958. The van der Waals surface area contributed by atoms with Gasteiger partial charge >= 0.3 is 0 Å². The van der Waals surface area contributed by atoms with Crippen LogP contribution < -0.4 is 0 Å². The van der Waals surface area contributed by atoms with Crippen molar-refractivity contribution in [2.75, 3.05) is 0 Å². The van der Waals surface area contributed by atoms with Gasteiger partial charge in [-0.2, -0.15) is 0 Å². The molecular weight excluding hydrogens is 392 g/mol. The SMILES string of the molecule is Cc1ccc(C(=O)c2c(-c3ccccc3)cc(-c3ccccc3)c3c2C(=O)CCC3)cc1. The van der Waals surface area contributed by atoms with E-state index in [1.165, 1.54) is 0 Å². The third-order valence-electron chi connectivity index (χ3n) is 6.25. The van der Waals surface area contributed by atoms with E-state index in [1.807, 2.05) is 79.7 Å². The van der Waals surface area contributed by atoms with Gasteiger partial charge in [0.25, 0.3) is 0 Å². The highest BCUT2D eigenvalue weighted by molar-refractivity contribution is 6.20. The Morgan fingerprint density at radius 2 is 1.31 bits per heavy atom. The molecule has 0 heterocycles. The van der Waals surface area contributed by atoms with Crippen molar-refractivity contribution < 1.29 is 9.59 Å². The standard InChI is InChI=1S/C30H24O2/c1-20-15-17-23(18-16-20)30(32)29-26(22-11-6-3-7-12-22)19-25(21-9-4-2-5-10-21)24-13-8-14-27(31)28(24)29/h2-7,9-12,15-19H,8,13-14H2,1H3. The van der Waals surface area contributed by atoms with E-state index in [0.717, 1.165) is 46.2 Å². The monoisotopic (exact) mass is 416 g/mol. The summed E-state index contributed by atoms with van der Waals surface area (Å²) in [5.74, 6) is -0.0216. The van der Waals surface area contributed by atoms with Crippen molar-refractivity contribution in [1.82, 2.24) is 0 Å². The fraction of sp³-hybridized carbons (Fsp3) is 0.133. The number of aryl methyl sites for hydroxylation is 1. The van der Waals surface area contributed by atoms with Gasteiger partial charge in [-0.1, -0.05) is 90.5 Å². The third-order valence-corrected chi connectivity index (χ3v) is 6.25. The number of carbonyl (C=O) groups excluding carboxylic acids is 2. The minimum Gasteiger partial charge on any atom is -0.294 e. The molecule has 0 saturated carbocycles. The Bertz CT molecular complexity index is 1300. The second-order valence-corrected chi connectivity index (χ2v) is 8.40. The van der Waals surface area contributed by atoms with Gasteiger partial charge in [-0.15, -0.1) is 0 Å². The summed E-state index contributed by atoms with van der Waals surface area (Å²) in [5, 5.41) is 0. The molecule has 0 amide bonds. The summed E-state index contributed by atoms with van der Waals surface area (Å²) in [4.78, 5) is 27.2. The van der Waals surface area contributed by atoms with Crippen LogP contribution >= 0.6 is 0 Å². The highest BCUT2D eigenvalue weighted by Gasteiger charge is 2.30. The normalized spacial score (nSPS) is 13.0. The van der Waals surface area contributed by atoms with Crippen LogP contribution in [-0.4, -0.2) is 11.6 Å². The van der Waals surface area contributed by atoms with Crippen molar-refractivity contribution in [3.8, 4) is 22.3 Å². The summed E-state index contributed by atoms with van der Waals surface area (Å²) >= 11 is 0. The molecule has 0 spiro atoms. The Morgan fingerprint density at radius 1 is 0.719 bits per heavy atom. The average molecular weight is 417 g/mol. The van der Waals surface area contributed by atoms with Crippen LogP contribution in [0, 0.1) is 6.92 Å². The van der Waals surface area contributed by atoms with Crippen molar-refractivity contribution in [3.63, 3.8) is 0 Å². The smallest absolute Gasteiger partial charge is 0.194 e. The van der Waals surface area contributed by atoms with Crippen LogP contribution in [0.2, 0.25) is 0 Å². The molecule has 0 aliphatic heterocycles. The van der Waals surface area contributed by atoms with Crippen LogP contribution in [-0.2, 0) is 6.42 Å². The predicted octanol–water partition coefficient (Wildman–Crippen LogP) is 7.08. The number of fused-ring (bicyclic) bond motifs is 1. The second kappa shape index (κ2) is 8.39. The third kappa shape index (κ3) is 3.58. The molecular formula is C30H24O2. The van der Waals surface area contributed by atoms with Gasteiger partial charge in [0.15, 0.2) is 11.6 Å². The maximum atomic E-state index is 13.9. The summed E-state index contributed by atoms with van der Waals surface area (Å²) in [7, 11) is 0. The largest absolute Gasteiger partial charge is 0.294 e. The van der Waals surface area contributed by atoms with E-state index in [9.17, 15) is 9.59 Å². The van der Waals surface area contributed by atoms with Crippen molar-refractivity contribution in [2.45, 2.75) is 26.2 Å². The van der Waals surface area contributed by atoms with E-state index in [0.29, 0.717) is 23.1 Å². The van der Waals surface area contributed by atoms with Crippen LogP contribution in [0.4, 0.5) is 0 Å². The summed E-state index contributed by atoms with van der Waals surface area (Å²) in [6.07, 6.45) is 2.09. The topological polar surface area (TPSA) is 34.1 Å². The molecule has 5 rings (SSSR count). The molecule has 0 bridgehead atoms. The minimum absolute atomic E-state index is 0.0664. The lowest BCUT2D eigenvalue weighted by Gasteiger charge is -2.25. The van der Waals surface area contributed by atoms with Crippen molar-refractivity contribution in [1.29, 1.82) is 0 Å². The molecule has 0 saturated heterocycles. The van der Waals surface area contributed by atoms with Gasteiger partial charge in [0.1, 0.15) is 0 Å². The molecule has 32 heavy (non-hydrogen) atoms. The molecule has 0 aromatic heterocycles.